The molecule has 2 unspecified atom stereocenters. The molecule has 1 aliphatic rings. The normalized spacial score (nSPS) is 27.9. The first kappa shape index (κ1) is 25.9. The van der Waals surface area contributed by atoms with Crippen molar-refractivity contribution in [3.8, 4) is 12.3 Å². The number of terminal acetylenes is 1. The van der Waals surface area contributed by atoms with Crippen LogP contribution in [0.4, 0.5) is 0 Å². The Morgan fingerprint density at radius 2 is 1.84 bits per heavy atom. The predicted octanol–water partition coefficient (Wildman–Crippen LogP) is -0.496. The van der Waals surface area contributed by atoms with Gasteiger partial charge in [-0.3, -0.25) is 18.9 Å². The van der Waals surface area contributed by atoms with Crippen molar-refractivity contribution < 1.29 is 51.5 Å². The second-order valence-electron chi connectivity index (χ2n) is 6.75. The van der Waals surface area contributed by atoms with Gasteiger partial charge in [0.15, 0.2) is 0 Å². The number of phosphoric acid groups is 3. The van der Waals surface area contributed by atoms with Gasteiger partial charge in [-0.05, 0) is 19.8 Å². The maximum absolute atomic E-state index is 12.1. The van der Waals surface area contributed by atoms with Gasteiger partial charge < -0.3 is 24.7 Å². The fraction of sp³-hybridized carbons (Fsp3) is 0.538. The molecule has 1 heterocycles. The number of H-pyrrole nitrogens is 1. The number of aryl methyl sites for hydroxylation is 1. The first-order valence-corrected chi connectivity index (χ1v) is 12.8. The molecule has 1 aliphatic carbocycles. The molecule has 31 heavy (non-hydrogen) atoms. The van der Waals surface area contributed by atoms with E-state index >= 15 is 0 Å². The molecule has 0 saturated heterocycles. The van der Waals surface area contributed by atoms with Crippen LogP contribution in [-0.4, -0.2) is 46.9 Å². The standard InChI is InChI=1S/C13H19N2O13P3/c1-3-13(7-26-30(22,23)28-31(24,25)27-29(19,20)21)5-9(4-10(13)16)15-6-8(2)11(17)14-12(15)18/h1,6,9-10,16H,4-5,7H2,2H3,(H,22,23)(H,24,25)(H,14,17,18)(H2,19,20,21)/t9-,10-,13+/m0/s1. The van der Waals surface area contributed by atoms with Crippen LogP contribution in [0.15, 0.2) is 15.8 Å². The average Bonchev–Trinajstić information content (AvgIpc) is 2.90. The lowest BCUT2D eigenvalue weighted by Gasteiger charge is -2.27. The number of nitrogens with zero attached hydrogens (tertiary/aromatic N) is 1. The second kappa shape index (κ2) is 8.86. The van der Waals surface area contributed by atoms with Gasteiger partial charge >= 0.3 is 29.2 Å². The lowest BCUT2D eigenvalue weighted by atomic mass is 9.86. The summed E-state index contributed by atoms with van der Waals surface area (Å²) in [5, 5.41) is 10.4. The molecule has 1 aromatic rings. The van der Waals surface area contributed by atoms with Gasteiger partial charge in [-0.1, -0.05) is 5.92 Å². The van der Waals surface area contributed by atoms with Crippen molar-refractivity contribution in [2.45, 2.75) is 31.9 Å². The van der Waals surface area contributed by atoms with Crippen LogP contribution in [0, 0.1) is 24.7 Å². The number of aromatic amines is 1. The van der Waals surface area contributed by atoms with Crippen molar-refractivity contribution in [1.29, 1.82) is 0 Å². The third-order valence-electron chi connectivity index (χ3n) is 4.46. The third-order valence-corrected chi connectivity index (χ3v) is 8.24. The predicted molar refractivity (Wildman–Crippen MR) is 101 cm³/mol. The van der Waals surface area contributed by atoms with Crippen LogP contribution in [0.25, 0.3) is 0 Å². The highest BCUT2D eigenvalue weighted by Crippen LogP contribution is 2.66. The van der Waals surface area contributed by atoms with E-state index < -0.39 is 58.9 Å². The number of aliphatic hydroxyl groups excluding tert-OH is 1. The summed E-state index contributed by atoms with van der Waals surface area (Å²) in [5.41, 5.74) is -2.82. The monoisotopic (exact) mass is 504 g/mol. The van der Waals surface area contributed by atoms with Crippen LogP contribution in [0.2, 0.25) is 0 Å². The summed E-state index contributed by atoms with van der Waals surface area (Å²) >= 11 is 0. The Bertz CT molecular complexity index is 1150. The summed E-state index contributed by atoms with van der Waals surface area (Å²) in [5.74, 6) is 2.21. The Hall–Kier alpha value is -1.39. The number of nitrogens with one attached hydrogen (secondary N) is 1. The van der Waals surface area contributed by atoms with Crippen LogP contribution >= 0.6 is 23.5 Å². The van der Waals surface area contributed by atoms with E-state index in [-0.39, 0.29) is 18.4 Å². The van der Waals surface area contributed by atoms with Gasteiger partial charge in [0.1, 0.15) is 0 Å². The number of aromatic nitrogens is 2. The van der Waals surface area contributed by atoms with Crippen molar-refractivity contribution >= 4 is 23.5 Å². The molecular weight excluding hydrogens is 485 g/mol. The van der Waals surface area contributed by atoms with Gasteiger partial charge in [0.25, 0.3) is 5.56 Å². The third kappa shape index (κ3) is 6.55. The van der Waals surface area contributed by atoms with Gasteiger partial charge in [0, 0.05) is 17.8 Å². The minimum atomic E-state index is -5.71. The summed E-state index contributed by atoms with van der Waals surface area (Å²) in [6.45, 7) is 0.548. The van der Waals surface area contributed by atoms with Gasteiger partial charge in [-0.2, -0.15) is 8.62 Å². The van der Waals surface area contributed by atoms with Crippen molar-refractivity contribution in [2.75, 3.05) is 6.61 Å². The number of hydrogen-bond acceptors (Lipinski definition) is 9. The highest BCUT2D eigenvalue weighted by Gasteiger charge is 2.49. The van der Waals surface area contributed by atoms with Crippen molar-refractivity contribution in [1.82, 2.24) is 9.55 Å². The molecule has 2 rings (SSSR count). The molecule has 0 bridgehead atoms. The summed E-state index contributed by atoms with van der Waals surface area (Å²) in [6.07, 6.45) is 5.08. The zero-order chi connectivity index (χ0) is 23.8. The lowest BCUT2D eigenvalue weighted by molar-refractivity contribution is 0.0443. The zero-order valence-electron chi connectivity index (χ0n) is 15.7. The average molecular weight is 504 g/mol. The lowest BCUT2D eigenvalue weighted by Crippen LogP contribution is -2.34. The topological polar surface area (TPSA) is 235 Å². The molecule has 15 nitrogen and oxygen atoms in total. The molecule has 1 saturated carbocycles. The first-order valence-electron chi connectivity index (χ1n) is 8.25. The molecule has 1 aromatic heterocycles. The minimum Gasteiger partial charge on any atom is -0.391 e. The van der Waals surface area contributed by atoms with E-state index in [9.17, 15) is 38.2 Å². The molecule has 5 atom stereocenters. The summed E-state index contributed by atoms with van der Waals surface area (Å²) in [6, 6.07) is -0.737. The molecule has 0 amide bonds. The largest absolute Gasteiger partial charge is 0.490 e. The number of phosphoric ester groups is 1. The fourth-order valence-corrected chi connectivity index (χ4v) is 6.13. The molecule has 1 fully saturated rings. The molecule has 6 N–H and O–H groups in total. The summed E-state index contributed by atoms with van der Waals surface area (Å²) in [7, 11) is -16.7. The van der Waals surface area contributed by atoms with E-state index in [4.69, 9.17) is 16.2 Å². The van der Waals surface area contributed by atoms with E-state index in [1.807, 2.05) is 0 Å². The van der Waals surface area contributed by atoms with E-state index in [0.29, 0.717) is 0 Å². The van der Waals surface area contributed by atoms with Crippen molar-refractivity contribution in [3.05, 3.63) is 32.6 Å². The highest BCUT2D eigenvalue weighted by atomic mass is 31.3. The Labute approximate surface area is 174 Å². The number of rotatable bonds is 8. The van der Waals surface area contributed by atoms with E-state index in [2.05, 4.69) is 24.0 Å². The van der Waals surface area contributed by atoms with E-state index in [1.165, 1.54) is 13.1 Å². The Balaban J connectivity index is 2.19. The Morgan fingerprint density at radius 3 is 2.39 bits per heavy atom. The second-order valence-corrected chi connectivity index (χ2v) is 11.2. The van der Waals surface area contributed by atoms with Crippen LogP contribution < -0.4 is 11.2 Å². The SMILES string of the molecule is C#C[C@]1(COP(=O)(O)OP(=O)(O)OP(=O)(O)O)C[C@@H](n2cc(C)c(=O)[nH]c2=O)C[C@@H]1O. The highest BCUT2D eigenvalue weighted by molar-refractivity contribution is 7.66. The van der Waals surface area contributed by atoms with Gasteiger partial charge in [-0.25, -0.2) is 18.5 Å². The van der Waals surface area contributed by atoms with Crippen LogP contribution in [0.1, 0.15) is 24.4 Å². The maximum atomic E-state index is 12.1. The smallest absolute Gasteiger partial charge is 0.391 e. The van der Waals surface area contributed by atoms with E-state index in [1.54, 1.807) is 0 Å². The van der Waals surface area contributed by atoms with Crippen LogP contribution in [0.5, 0.6) is 0 Å². The summed E-state index contributed by atoms with van der Waals surface area (Å²) < 4.78 is 46.9. The van der Waals surface area contributed by atoms with Gasteiger partial charge in [0.2, 0.25) is 0 Å². The molecule has 0 spiro atoms. The van der Waals surface area contributed by atoms with E-state index in [0.717, 1.165) is 4.57 Å². The molecule has 18 heteroatoms. The number of aliphatic hydroxyl groups is 1. The molecular formula is C13H19N2O13P3. The molecule has 174 valence electrons. The Kier molecular flexibility index (Phi) is 7.39. The van der Waals surface area contributed by atoms with Gasteiger partial charge in [0.05, 0.1) is 18.1 Å². The fourth-order valence-electron chi connectivity index (χ4n) is 3.04. The Morgan fingerprint density at radius 1 is 1.23 bits per heavy atom. The molecule has 0 aromatic carbocycles. The van der Waals surface area contributed by atoms with Crippen LogP contribution in [-0.2, 0) is 26.8 Å². The zero-order valence-corrected chi connectivity index (χ0v) is 18.4. The maximum Gasteiger partial charge on any atom is 0.490 e. The minimum absolute atomic E-state index is 0.102. The molecule has 0 radical (unpaired) electrons. The quantitative estimate of drug-likeness (QED) is 0.194. The van der Waals surface area contributed by atoms with Gasteiger partial charge in [-0.15, -0.1) is 6.42 Å². The summed E-state index contributed by atoms with van der Waals surface area (Å²) in [4.78, 5) is 61.5. The first-order chi connectivity index (χ1) is 14.0. The van der Waals surface area contributed by atoms with Crippen molar-refractivity contribution in [3.63, 3.8) is 0 Å². The van der Waals surface area contributed by atoms with Crippen LogP contribution in [0.3, 0.4) is 0 Å². The molecule has 0 aliphatic heterocycles. The van der Waals surface area contributed by atoms with Crippen molar-refractivity contribution in [2.24, 2.45) is 5.41 Å². The number of hydrogen-bond donors (Lipinski definition) is 6.